The molecule has 10 aromatic rings. The van der Waals surface area contributed by atoms with E-state index in [2.05, 4.69) is 205 Å². The van der Waals surface area contributed by atoms with Crippen LogP contribution in [0.4, 0.5) is 17.1 Å². The highest BCUT2D eigenvalue weighted by atomic mass is 32.1. The van der Waals surface area contributed by atoms with Gasteiger partial charge in [0.2, 0.25) is 0 Å². The molecule has 252 valence electrons. The fourth-order valence-corrected chi connectivity index (χ4v) is 9.32. The Kier molecular flexibility index (Phi) is 7.48. The average molecular weight is 697 g/mol. The minimum Gasteiger partial charge on any atom is -0.310 e. The van der Waals surface area contributed by atoms with Crippen molar-refractivity contribution in [2.24, 2.45) is 0 Å². The normalized spacial score (nSPS) is 11.6. The largest absolute Gasteiger partial charge is 0.310 e. The molecule has 0 aliphatic carbocycles. The molecular weight excluding hydrogens is 661 g/mol. The van der Waals surface area contributed by atoms with E-state index in [1.807, 2.05) is 11.3 Å². The summed E-state index contributed by atoms with van der Waals surface area (Å²) in [6, 6.07) is 66.5. The number of nitrogens with zero attached hydrogens (tertiary/aromatic N) is 2. The molecule has 0 atom stereocenters. The van der Waals surface area contributed by atoms with Gasteiger partial charge in [0.1, 0.15) is 0 Å². The average Bonchev–Trinajstić information content (AvgIpc) is 3.76. The van der Waals surface area contributed by atoms with Gasteiger partial charge in [0.05, 0.1) is 16.7 Å². The first-order valence-corrected chi connectivity index (χ1v) is 19.0. The van der Waals surface area contributed by atoms with Gasteiger partial charge in [-0.2, -0.15) is 0 Å². The van der Waals surface area contributed by atoms with Gasteiger partial charge in [-0.3, -0.25) is 0 Å². The molecule has 0 radical (unpaired) electrons. The lowest BCUT2D eigenvalue weighted by Gasteiger charge is -2.28. The Morgan fingerprint density at radius 1 is 0.472 bits per heavy atom. The van der Waals surface area contributed by atoms with Gasteiger partial charge in [-0.25, -0.2) is 0 Å². The zero-order valence-corrected chi connectivity index (χ0v) is 30.4. The summed E-state index contributed by atoms with van der Waals surface area (Å²) in [6.07, 6.45) is 0. The van der Waals surface area contributed by atoms with Crippen molar-refractivity contribution in [2.45, 2.75) is 13.8 Å². The summed E-state index contributed by atoms with van der Waals surface area (Å²) in [4.78, 5) is 2.44. The van der Waals surface area contributed by atoms with E-state index in [1.54, 1.807) is 0 Å². The molecule has 53 heavy (non-hydrogen) atoms. The number of thiophene rings is 1. The maximum absolute atomic E-state index is 2.44. The van der Waals surface area contributed by atoms with Crippen LogP contribution in [-0.2, 0) is 0 Å². The number of rotatable bonds is 6. The van der Waals surface area contributed by atoms with Crippen LogP contribution in [-0.4, -0.2) is 4.57 Å². The van der Waals surface area contributed by atoms with Gasteiger partial charge < -0.3 is 9.47 Å². The quantitative estimate of drug-likeness (QED) is 0.168. The zero-order chi connectivity index (χ0) is 35.5. The number of aromatic nitrogens is 1. The van der Waals surface area contributed by atoms with Crippen molar-refractivity contribution in [3.63, 3.8) is 0 Å². The van der Waals surface area contributed by atoms with Crippen LogP contribution in [0.3, 0.4) is 0 Å². The van der Waals surface area contributed by atoms with Crippen LogP contribution in [0.25, 0.3) is 69.9 Å². The topological polar surface area (TPSA) is 8.17 Å². The molecule has 0 amide bonds. The number of hydrogen-bond donors (Lipinski definition) is 0. The van der Waals surface area contributed by atoms with Crippen molar-refractivity contribution in [3.05, 3.63) is 193 Å². The van der Waals surface area contributed by atoms with Crippen molar-refractivity contribution in [1.29, 1.82) is 0 Å². The first-order valence-electron chi connectivity index (χ1n) is 18.2. The van der Waals surface area contributed by atoms with Gasteiger partial charge in [-0.05, 0) is 102 Å². The monoisotopic (exact) mass is 696 g/mol. The molecule has 0 N–H and O–H groups in total. The Labute approximate surface area is 313 Å². The smallest absolute Gasteiger partial charge is 0.0555 e. The number of para-hydroxylation sites is 2. The van der Waals surface area contributed by atoms with Gasteiger partial charge in [0.15, 0.2) is 0 Å². The van der Waals surface area contributed by atoms with Crippen molar-refractivity contribution in [1.82, 2.24) is 4.57 Å². The molecule has 3 heteroatoms. The van der Waals surface area contributed by atoms with Crippen LogP contribution in [0.1, 0.15) is 11.1 Å². The lowest BCUT2D eigenvalue weighted by molar-refractivity contribution is 1.18. The van der Waals surface area contributed by atoms with E-state index in [4.69, 9.17) is 0 Å². The third kappa shape index (κ3) is 5.24. The van der Waals surface area contributed by atoms with E-state index in [0.717, 1.165) is 17.1 Å². The standard InChI is InChI=1S/C50H36N2S/c1-33-20-24-37(25-21-33)51(39-28-29-40(34(2)32-39)35-12-4-3-5-13-35)47-31-30-41(50-49(47)44-16-8-11-19-48(44)53-50)36-22-26-38(27-23-36)52-45-17-9-6-14-42(45)43-15-7-10-18-46(43)52/h3-32H,1-2H3. The predicted octanol–water partition coefficient (Wildman–Crippen LogP) is 14.6. The minimum atomic E-state index is 1.14. The molecule has 0 spiro atoms. The van der Waals surface area contributed by atoms with E-state index in [0.29, 0.717) is 0 Å². The highest BCUT2D eigenvalue weighted by Gasteiger charge is 2.22. The molecular formula is C50H36N2S. The van der Waals surface area contributed by atoms with Crippen molar-refractivity contribution in [2.75, 3.05) is 4.90 Å². The Bertz CT molecular complexity index is 2900. The van der Waals surface area contributed by atoms with Crippen LogP contribution < -0.4 is 4.90 Å². The third-order valence-corrected chi connectivity index (χ3v) is 11.8. The molecule has 2 heterocycles. The number of benzene rings is 8. The van der Waals surface area contributed by atoms with Gasteiger partial charge in [-0.15, -0.1) is 11.3 Å². The van der Waals surface area contributed by atoms with E-state index < -0.39 is 0 Å². The first kappa shape index (κ1) is 31.3. The summed E-state index contributed by atoms with van der Waals surface area (Å²) in [6.45, 7) is 4.37. The Hall–Kier alpha value is -6.42. The van der Waals surface area contributed by atoms with E-state index in [-0.39, 0.29) is 0 Å². The second-order valence-corrected chi connectivity index (χ2v) is 14.9. The molecule has 0 aliphatic rings. The van der Waals surface area contributed by atoms with Crippen LogP contribution >= 0.6 is 11.3 Å². The van der Waals surface area contributed by atoms with Crippen molar-refractivity contribution < 1.29 is 0 Å². The summed E-state index contributed by atoms with van der Waals surface area (Å²) >= 11 is 1.88. The molecule has 2 nitrogen and oxygen atoms in total. The molecule has 0 unspecified atom stereocenters. The summed E-state index contributed by atoms with van der Waals surface area (Å²) in [5.41, 5.74) is 14.5. The Balaban J connectivity index is 1.15. The van der Waals surface area contributed by atoms with Crippen LogP contribution in [0.2, 0.25) is 0 Å². The van der Waals surface area contributed by atoms with Gasteiger partial charge in [0.25, 0.3) is 0 Å². The fourth-order valence-electron chi connectivity index (χ4n) is 8.06. The summed E-state index contributed by atoms with van der Waals surface area (Å²) in [5.74, 6) is 0. The molecule has 0 bridgehead atoms. The predicted molar refractivity (Wildman–Crippen MR) is 229 cm³/mol. The van der Waals surface area contributed by atoms with E-state index >= 15 is 0 Å². The molecule has 0 fully saturated rings. The highest BCUT2D eigenvalue weighted by molar-refractivity contribution is 7.26. The lowest BCUT2D eigenvalue weighted by Crippen LogP contribution is -2.11. The Morgan fingerprint density at radius 3 is 1.75 bits per heavy atom. The number of hydrogen-bond acceptors (Lipinski definition) is 2. The van der Waals surface area contributed by atoms with Gasteiger partial charge in [-0.1, -0.05) is 127 Å². The molecule has 2 aromatic heterocycles. The lowest BCUT2D eigenvalue weighted by atomic mass is 9.98. The summed E-state index contributed by atoms with van der Waals surface area (Å²) in [7, 11) is 0. The molecule has 0 aliphatic heterocycles. The number of anilines is 3. The van der Waals surface area contributed by atoms with Crippen LogP contribution in [0.5, 0.6) is 0 Å². The van der Waals surface area contributed by atoms with Crippen molar-refractivity contribution in [3.8, 4) is 27.9 Å². The fraction of sp³-hybridized carbons (Fsp3) is 0.0400. The molecule has 0 saturated heterocycles. The second kappa shape index (κ2) is 12.7. The maximum Gasteiger partial charge on any atom is 0.0555 e. The van der Waals surface area contributed by atoms with Crippen LogP contribution in [0.15, 0.2) is 182 Å². The van der Waals surface area contributed by atoms with Gasteiger partial charge in [0, 0.05) is 48.0 Å². The Morgan fingerprint density at radius 2 is 1.06 bits per heavy atom. The van der Waals surface area contributed by atoms with Crippen LogP contribution in [0, 0.1) is 13.8 Å². The molecule has 8 aromatic carbocycles. The van der Waals surface area contributed by atoms with E-state index in [1.165, 1.54) is 81.0 Å². The molecule has 0 saturated carbocycles. The number of aryl methyl sites for hydroxylation is 2. The summed E-state index contributed by atoms with van der Waals surface area (Å²) in [5, 5.41) is 5.11. The van der Waals surface area contributed by atoms with Crippen molar-refractivity contribution >= 4 is 70.4 Å². The SMILES string of the molecule is Cc1ccc(N(c2ccc(-c3ccccc3)c(C)c2)c2ccc(-c3ccc(-n4c5ccccc5c5ccccc54)cc3)c3sc4ccccc4c23)cc1. The zero-order valence-electron chi connectivity index (χ0n) is 29.6. The highest BCUT2D eigenvalue weighted by Crippen LogP contribution is 2.48. The first-order chi connectivity index (χ1) is 26.1. The third-order valence-electron chi connectivity index (χ3n) is 10.6. The minimum absolute atomic E-state index is 1.14. The summed E-state index contributed by atoms with van der Waals surface area (Å²) < 4.78 is 4.97. The van der Waals surface area contributed by atoms with E-state index in [9.17, 15) is 0 Å². The van der Waals surface area contributed by atoms with Gasteiger partial charge >= 0.3 is 0 Å². The maximum atomic E-state index is 2.44. The number of fused-ring (bicyclic) bond motifs is 6. The second-order valence-electron chi connectivity index (χ2n) is 13.9. The molecule has 10 rings (SSSR count).